The van der Waals surface area contributed by atoms with Crippen molar-refractivity contribution in [2.45, 2.75) is 32.3 Å². The first-order valence-electron chi connectivity index (χ1n) is 7.04. The molecule has 0 saturated heterocycles. The molecule has 20 heavy (non-hydrogen) atoms. The van der Waals surface area contributed by atoms with Gasteiger partial charge in [-0.3, -0.25) is 0 Å². The first-order valence-corrected chi connectivity index (χ1v) is 7.04. The van der Waals surface area contributed by atoms with Crippen molar-refractivity contribution in [3.63, 3.8) is 0 Å². The van der Waals surface area contributed by atoms with E-state index in [0.717, 1.165) is 25.0 Å². The molecule has 1 atom stereocenters. The third-order valence-corrected chi connectivity index (χ3v) is 3.63. The monoisotopic (exact) mass is 269 g/mol. The Hall–Kier alpha value is -2.10. The van der Waals surface area contributed by atoms with E-state index in [1.165, 1.54) is 11.1 Å². The van der Waals surface area contributed by atoms with Gasteiger partial charge in [0.1, 0.15) is 6.10 Å². The lowest BCUT2D eigenvalue weighted by Crippen LogP contribution is -2.16. The number of aromatic nitrogens is 2. The molecule has 4 nitrogen and oxygen atoms in total. The third kappa shape index (κ3) is 2.59. The van der Waals surface area contributed by atoms with E-state index in [4.69, 9.17) is 4.74 Å². The molecule has 1 aromatic carbocycles. The zero-order valence-corrected chi connectivity index (χ0v) is 11.9. The number of anilines is 1. The average Bonchev–Trinajstić information content (AvgIpc) is 2.47. The Kier molecular flexibility index (Phi) is 3.54. The number of hydrogen-bond acceptors (Lipinski definition) is 4. The summed E-state index contributed by atoms with van der Waals surface area (Å²) < 4.78 is 6.11. The van der Waals surface area contributed by atoms with Crippen molar-refractivity contribution in [2.75, 3.05) is 12.4 Å². The van der Waals surface area contributed by atoms with E-state index in [1.54, 1.807) is 0 Å². The maximum Gasteiger partial charge on any atom is 0.225 e. The molecular formula is C16H19N3O. The van der Waals surface area contributed by atoms with Crippen molar-refractivity contribution >= 4 is 5.95 Å². The van der Waals surface area contributed by atoms with Crippen LogP contribution < -0.4 is 10.1 Å². The molecule has 2 aromatic rings. The molecule has 104 valence electrons. The maximum absolute atomic E-state index is 6.11. The number of nitrogens with one attached hydrogen (secondary N) is 1. The minimum absolute atomic E-state index is 0.0963. The Morgan fingerprint density at radius 1 is 1.25 bits per heavy atom. The van der Waals surface area contributed by atoms with E-state index < -0.39 is 0 Å². The van der Waals surface area contributed by atoms with E-state index in [2.05, 4.69) is 39.6 Å². The highest BCUT2D eigenvalue weighted by atomic mass is 16.5. The van der Waals surface area contributed by atoms with Crippen molar-refractivity contribution in [3.8, 4) is 5.88 Å². The van der Waals surface area contributed by atoms with Crippen LogP contribution in [0.3, 0.4) is 0 Å². The largest absolute Gasteiger partial charge is 0.469 e. The first kappa shape index (κ1) is 12.9. The number of aryl methyl sites for hydroxylation is 2. The zero-order valence-electron chi connectivity index (χ0n) is 11.9. The Morgan fingerprint density at radius 3 is 2.95 bits per heavy atom. The number of hydrogen-bond donors (Lipinski definition) is 1. The van der Waals surface area contributed by atoms with Crippen LogP contribution in [-0.2, 0) is 6.42 Å². The molecule has 0 fully saturated rings. The highest BCUT2D eigenvalue weighted by Gasteiger charge is 2.21. The predicted octanol–water partition coefficient (Wildman–Crippen LogP) is 3.28. The van der Waals surface area contributed by atoms with Gasteiger partial charge in [0.2, 0.25) is 11.8 Å². The molecule has 1 unspecified atom stereocenters. The first-order chi connectivity index (χ1) is 9.76. The molecule has 0 saturated carbocycles. The van der Waals surface area contributed by atoms with E-state index in [0.29, 0.717) is 11.8 Å². The molecular weight excluding hydrogens is 250 g/mol. The second-order valence-electron chi connectivity index (χ2n) is 5.12. The van der Waals surface area contributed by atoms with Crippen LogP contribution in [0.25, 0.3) is 0 Å². The average molecular weight is 269 g/mol. The molecule has 0 spiro atoms. The predicted molar refractivity (Wildman–Crippen MR) is 79.1 cm³/mol. The lowest BCUT2D eigenvalue weighted by Gasteiger charge is -2.25. The fourth-order valence-electron chi connectivity index (χ4n) is 2.69. The smallest absolute Gasteiger partial charge is 0.225 e. The van der Waals surface area contributed by atoms with Gasteiger partial charge in [-0.15, -0.1) is 0 Å². The van der Waals surface area contributed by atoms with Gasteiger partial charge in [0.05, 0.1) is 0 Å². The molecule has 0 aliphatic heterocycles. The van der Waals surface area contributed by atoms with Crippen LogP contribution in [0.15, 0.2) is 30.3 Å². The van der Waals surface area contributed by atoms with E-state index in [-0.39, 0.29) is 6.10 Å². The van der Waals surface area contributed by atoms with Crippen LogP contribution in [0.2, 0.25) is 0 Å². The maximum atomic E-state index is 6.11. The van der Waals surface area contributed by atoms with E-state index >= 15 is 0 Å². The molecule has 0 amide bonds. The number of ether oxygens (including phenoxy) is 1. The number of nitrogens with zero attached hydrogens (tertiary/aromatic N) is 2. The Labute approximate surface area is 119 Å². The molecule has 0 bridgehead atoms. The summed E-state index contributed by atoms with van der Waals surface area (Å²) in [7, 11) is 1.81. The number of benzene rings is 1. The van der Waals surface area contributed by atoms with Crippen LogP contribution in [0.5, 0.6) is 5.88 Å². The molecule has 1 aliphatic rings. The van der Waals surface area contributed by atoms with Crippen LogP contribution in [0.4, 0.5) is 5.95 Å². The third-order valence-electron chi connectivity index (χ3n) is 3.63. The second-order valence-corrected chi connectivity index (χ2v) is 5.12. The lowest BCUT2D eigenvalue weighted by atomic mass is 9.89. The topological polar surface area (TPSA) is 47.0 Å². The van der Waals surface area contributed by atoms with Crippen molar-refractivity contribution in [3.05, 3.63) is 47.2 Å². The van der Waals surface area contributed by atoms with E-state index in [1.807, 2.05) is 20.0 Å². The molecule has 0 radical (unpaired) electrons. The summed E-state index contributed by atoms with van der Waals surface area (Å²) in [5, 5.41) is 2.96. The number of rotatable bonds is 3. The molecule has 3 rings (SSSR count). The van der Waals surface area contributed by atoms with Gasteiger partial charge in [0, 0.05) is 18.8 Å². The number of fused-ring (bicyclic) bond motifs is 1. The summed E-state index contributed by atoms with van der Waals surface area (Å²) in [5.41, 5.74) is 3.59. The van der Waals surface area contributed by atoms with Gasteiger partial charge < -0.3 is 10.1 Å². The summed E-state index contributed by atoms with van der Waals surface area (Å²) in [5.74, 6) is 1.24. The summed E-state index contributed by atoms with van der Waals surface area (Å²) in [6.45, 7) is 1.95. The molecule has 1 heterocycles. The van der Waals surface area contributed by atoms with Gasteiger partial charge in [0.15, 0.2) is 0 Å². The van der Waals surface area contributed by atoms with Crippen LogP contribution in [0, 0.1) is 6.92 Å². The van der Waals surface area contributed by atoms with E-state index in [9.17, 15) is 0 Å². The van der Waals surface area contributed by atoms with Gasteiger partial charge in [-0.25, -0.2) is 4.98 Å². The second kappa shape index (κ2) is 5.49. The SMILES string of the molecule is CNc1nc(C)cc(OC2CCCc3ccccc32)n1. The molecule has 1 N–H and O–H groups in total. The quantitative estimate of drug-likeness (QED) is 0.929. The summed E-state index contributed by atoms with van der Waals surface area (Å²) >= 11 is 0. The van der Waals surface area contributed by atoms with Crippen molar-refractivity contribution in [2.24, 2.45) is 0 Å². The van der Waals surface area contributed by atoms with Gasteiger partial charge in [-0.1, -0.05) is 24.3 Å². The lowest BCUT2D eigenvalue weighted by molar-refractivity contribution is 0.175. The zero-order chi connectivity index (χ0) is 13.9. The Morgan fingerprint density at radius 2 is 2.10 bits per heavy atom. The standard InChI is InChI=1S/C16H19N3O/c1-11-10-15(19-16(17-2)18-11)20-14-9-5-7-12-6-3-4-8-13(12)14/h3-4,6,8,10,14H,5,7,9H2,1-2H3,(H,17,18,19). The van der Waals surface area contributed by atoms with Crippen LogP contribution >= 0.6 is 0 Å². The van der Waals surface area contributed by atoms with Crippen molar-refractivity contribution in [1.29, 1.82) is 0 Å². The Balaban J connectivity index is 1.87. The highest BCUT2D eigenvalue weighted by Crippen LogP contribution is 2.33. The summed E-state index contributed by atoms with van der Waals surface area (Å²) in [6, 6.07) is 10.4. The molecule has 1 aliphatic carbocycles. The van der Waals surface area contributed by atoms with Crippen LogP contribution in [-0.4, -0.2) is 17.0 Å². The summed E-state index contributed by atoms with van der Waals surface area (Å²) in [6.07, 6.45) is 3.43. The van der Waals surface area contributed by atoms with Gasteiger partial charge in [0.25, 0.3) is 0 Å². The molecule has 4 heteroatoms. The normalized spacial score (nSPS) is 17.4. The minimum atomic E-state index is 0.0963. The minimum Gasteiger partial charge on any atom is -0.469 e. The Bertz CT molecular complexity index is 612. The van der Waals surface area contributed by atoms with Gasteiger partial charge in [-0.2, -0.15) is 4.98 Å². The fourth-order valence-corrected chi connectivity index (χ4v) is 2.69. The van der Waals surface area contributed by atoms with Gasteiger partial charge >= 0.3 is 0 Å². The molecule has 1 aromatic heterocycles. The van der Waals surface area contributed by atoms with Crippen molar-refractivity contribution < 1.29 is 4.74 Å². The van der Waals surface area contributed by atoms with Crippen LogP contribution in [0.1, 0.15) is 35.8 Å². The summed E-state index contributed by atoms with van der Waals surface area (Å²) in [4.78, 5) is 8.66. The van der Waals surface area contributed by atoms with Crippen molar-refractivity contribution in [1.82, 2.24) is 9.97 Å². The fraction of sp³-hybridized carbons (Fsp3) is 0.375. The van der Waals surface area contributed by atoms with Gasteiger partial charge in [-0.05, 0) is 37.3 Å². The highest BCUT2D eigenvalue weighted by molar-refractivity contribution is 5.33.